The number of anilines is 2. The average Bonchev–Trinajstić information content (AvgIpc) is 2.32. The monoisotopic (exact) mass is 341 g/mol. The first-order chi connectivity index (χ1) is 8.97. The molecule has 0 saturated heterocycles. The third-order valence-electron chi connectivity index (χ3n) is 2.41. The van der Waals surface area contributed by atoms with E-state index in [0.29, 0.717) is 5.69 Å². The fourth-order valence-corrected chi connectivity index (χ4v) is 2.26. The lowest BCUT2D eigenvalue weighted by Crippen LogP contribution is -2.00. The number of pyridine rings is 1. The van der Waals surface area contributed by atoms with Crippen LogP contribution in [0, 0.1) is 17.0 Å². The van der Waals surface area contributed by atoms with Crippen LogP contribution in [0.15, 0.2) is 34.8 Å². The molecule has 1 aromatic carbocycles. The first kappa shape index (κ1) is 13.8. The summed E-state index contributed by atoms with van der Waals surface area (Å²) in [4.78, 5) is 14.4. The van der Waals surface area contributed by atoms with E-state index >= 15 is 0 Å². The van der Waals surface area contributed by atoms with Crippen molar-refractivity contribution in [3.05, 3.63) is 55.6 Å². The zero-order chi connectivity index (χ0) is 14.0. The van der Waals surface area contributed by atoms with Gasteiger partial charge in [-0.1, -0.05) is 17.7 Å². The van der Waals surface area contributed by atoms with Gasteiger partial charge in [0.15, 0.2) is 0 Å². The average molecular weight is 343 g/mol. The van der Waals surface area contributed by atoms with Crippen LogP contribution in [-0.2, 0) is 0 Å². The molecular weight excluding hydrogens is 334 g/mol. The summed E-state index contributed by atoms with van der Waals surface area (Å²) in [6, 6.07) is 8.31. The van der Waals surface area contributed by atoms with Gasteiger partial charge in [0.1, 0.15) is 5.15 Å². The van der Waals surface area contributed by atoms with Crippen molar-refractivity contribution in [2.75, 3.05) is 5.32 Å². The lowest BCUT2D eigenvalue weighted by atomic mass is 10.2. The lowest BCUT2D eigenvalue weighted by molar-refractivity contribution is -0.384. The summed E-state index contributed by atoms with van der Waals surface area (Å²) in [5.41, 5.74) is 1.63. The van der Waals surface area contributed by atoms with Crippen LogP contribution in [0.5, 0.6) is 0 Å². The molecule has 98 valence electrons. The van der Waals surface area contributed by atoms with Crippen molar-refractivity contribution in [3.8, 4) is 0 Å². The number of benzene rings is 1. The Hall–Kier alpha value is -1.66. The van der Waals surface area contributed by atoms with E-state index in [1.165, 1.54) is 12.1 Å². The summed E-state index contributed by atoms with van der Waals surface area (Å²) in [6.45, 7) is 1.95. The summed E-state index contributed by atoms with van der Waals surface area (Å²) in [5, 5.41) is 14.0. The van der Waals surface area contributed by atoms with Gasteiger partial charge in [-0.25, -0.2) is 4.98 Å². The second-order valence-corrected chi connectivity index (χ2v) is 5.11. The SMILES string of the molecule is Cc1ccc(Nc2nc(Cl)ccc2[N+](=O)[O-])c(Br)c1. The third-order valence-corrected chi connectivity index (χ3v) is 3.28. The third kappa shape index (κ3) is 3.21. The number of nitrogens with one attached hydrogen (secondary N) is 1. The van der Waals surface area contributed by atoms with Crippen LogP contribution in [0.1, 0.15) is 5.56 Å². The highest BCUT2D eigenvalue weighted by Gasteiger charge is 2.16. The Balaban J connectivity index is 2.42. The highest BCUT2D eigenvalue weighted by Crippen LogP contribution is 2.31. The molecule has 0 radical (unpaired) electrons. The Morgan fingerprint density at radius 1 is 1.37 bits per heavy atom. The number of hydrogen-bond acceptors (Lipinski definition) is 4. The summed E-state index contributed by atoms with van der Waals surface area (Å²) in [5.74, 6) is 0.113. The van der Waals surface area contributed by atoms with Crippen LogP contribution in [0.3, 0.4) is 0 Å². The summed E-state index contributed by atoms with van der Waals surface area (Å²) < 4.78 is 0.795. The maximum absolute atomic E-state index is 10.9. The van der Waals surface area contributed by atoms with E-state index in [0.717, 1.165) is 10.0 Å². The molecule has 0 unspecified atom stereocenters. The number of aryl methyl sites for hydroxylation is 1. The zero-order valence-electron chi connectivity index (χ0n) is 9.85. The molecule has 2 aromatic rings. The fraction of sp³-hybridized carbons (Fsp3) is 0.0833. The fourth-order valence-electron chi connectivity index (χ4n) is 1.52. The maximum atomic E-state index is 10.9. The van der Waals surface area contributed by atoms with Crippen molar-refractivity contribution in [2.24, 2.45) is 0 Å². The summed E-state index contributed by atoms with van der Waals surface area (Å²) in [7, 11) is 0. The number of rotatable bonds is 3. The minimum absolute atomic E-state index is 0.113. The van der Waals surface area contributed by atoms with Crippen LogP contribution >= 0.6 is 27.5 Å². The van der Waals surface area contributed by atoms with Gasteiger partial charge in [-0.3, -0.25) is 10.1 Å². The van der Waals surface area contributed by atoms with E-state index in [4.69, 9.17) is 11.6 Å². The van der Waals surface area contributed by atoms with Gasteiger partial charge in [0.05, 0.1) is 10.6 Å². The van der Waals surface area contributed by atoms with Gasteiger partial charge < -0.3 is 5.32 Å². The Morgan fingerprint density at radius 3 is 2.74 bits per heavy atom. The van der Waals surface area contributed by atoms with Gasteiger partial charge in [0.2, 0.25) is 5.82 Å². The predicted molar refractivity (Wildman–Crippen MR) is 78.1 cm³/mol. The first-order valence-electron chi connectivity index (χ1n) is 5.31. The molecule has 7 heteroatoms. The van der Waals surface area contributed by atoms with E-state index in [1.54, 1.807) is 0 Å². The van der Waals surface area contributed by atoms with Gasteiger partial charge in [-0.2, -0.15) is 0 Å². The smallest absolute Gasteiger partial charge is 0.311 e. The molecule has 0 aliphatic heterocycles. The van der Waals surface area contributed by atoms with Gasteiger partial charge in [-0.05, 0) is 46.6 Å². The molecule has 0 saturated carbocycles. The van der Waals surface area contributed by atoms with E-state index in [-0.39, 0.29) is 16.7 Å². The number of hydrogen-bond donors (Lipinski definition) is 1. The quantitative estimate of drug-likeness (QED) is 0.508. The van der Waals surface area contributed by atoms with E-state index in [2.05, 4.69) is 26.2 Å². The molecule has 1 heterocycles. The molecule has 5 nitrogen and oxygen atoms in total. The van der Waals surface area contributed by atoms with E-state index in [9.17, 15) is 10.1 Å². The van der Waals surface area contributed by atoms with Gasteiger partial charge in [0, 0.05) is 10.5 Å². The number of nitrogens with zero attached hydrogens (tertiary/aromatic N) is 2. The van der Waals surface area contributed by atoms with E-state index < -0.39 is 4.92 Å². The molecule has 1 aromatic heterocycles. The standard InChI is InChI=1S/C12H9BrClN3O2/c1-7-2-3-9(8(13)6-7)15-12-10(17(18)19)4-5-11(14)16-12/h2-6H,1H3,(H,15,16). The van der Waals surface area contributed by atoms with Crippen molar-refractivity contribution < 1.29 is 4.92 Å². The van der Waals surface area contributed by atoms with Crippen LogP contribution in [0.2, 0.25) is 5.15 Å². The topological polar surface area (TPSA) is 68.1 Å². The second-order valence-electron chi connectivity index (χ2n) is 3.87. The molecule has 0 aliphatic rings. The van der Waals surface area contributed by atoms with Crippen LogP contribution < -0.4 is 5.32 Å². The largest absolute Gasteiger partial charge is 0.333 e. The molecule has 0 spiro atoms. The van der Waals surface area contributed by atoms with Crippen LogP contribution in [0.4, 0.5) is 17.2 Å². The first-order valence-corrected chi connectivity index (χ1v) is 6.48. The van der Waals surface area contributed by atoms with Crippen molar-refractivity contribution in [2.45, 2.75) is 6.92 Å². The molecule has 1 N–H and O–H groups in total. The molecule has 2 rings (SSSR count). The number of nitro groups is 1. The van der Waals surface area contributed by atoms with Gasteiger partial charge in [0.25, 0.3) is 0 Å². The van der Waals surface area contributed by atoms with E-state index in [1.807, 2.05) is 25.1 Å². The predicted octanol–water partition coefficient (Wildman–Crippen LogP) is 4.46. The molecule has 0 amide bonds. The molecule has 0 bridgehead atoms. The maximum Gasteiger partial charge on any atom is 0.311 e. The van der Waals surface area contributed by atoms with Gasteiger partial charge in [-0.15, -0.1) is 0 Å². The summed E-state index contributed by atoms with van der Waals surface area (Å²) in [6.07, 6.45) is 0. The van der Waals surface area contributed by atoms with Crippen LogP contribution in [0.25, 0.3) is 0 Å². The molecule has 0 fully saturated rings. The Kier molecular flexibility index (Phi) is 4.01. The summed E-state index contributed by atoms with van der Waals surface area (Å²) >= 11 is 9.16. The zero-order valence-corrected chi connectivity index (χ0v) is 12.2. The highest BCUT2D eigenvalue weighted by molar-refractivity contribution is 9.10. The molecule has 19 heavy (non-hydrogen) atoms. The Bertz CT molecular complexity index is 649. The molecular formula is C12H9BrClN3O2. The number of halogens is 2. The van der Waals surface area contributed by atoms with Crippen molar-refractivity contribution in [1.82, 2.24) is 4.98 Å². The second kappa shape index (κ2) is 5.54. The normalized spacial score (nSPS) is 10.3. The molecule has 0 atom stereocenters. The lowest BCUT2D eigenvalue weighted by Gasteiger charge is -2.09. The van der Waals surface area contributed by atoms with Crippen molar-refractivity contribution in [1.29, 1.82) is 0 Å². The Morgan fingerprint density at radius 2 is 2.11 bits per heavy atom. The molecule has 0 aliphatic carbocycles. The van der Waals surface area contributed by atoms with Crippen LogP contribution in [-0.4, -0.2) is 9.91 Å². The highest BCUT2D eigenvalue weighted by atomic mass is 79.9. The minimum Gasteiger partial charge on any atom is -0.333 e. The van der Waals surface area contributed by atoms with Crippen molar-refractivity contribution >= 4 is 44.7 Å². The van der Waals surface area contributed by atoms with Gasteiger partial charge >= 0.3 is 5.69 Å². The Labute approximate surface area is 122 Å². The minimum atomic E-state index is -0.506. The number of aromatic nitrogens is 1. The van der Waals surface area contributed by atoms with Crippen molar-refractivity contribution in [3.63, 3.8) is 0 Å².